The smallest absolute Gasteiger partial charge is 0.119 e. The van der Waals surface area contributed by atoms with Gasteiger partial charge in [-0.1, -0.05) is 39.0 Å². The predicted octanol–water partition coefficient (Wildman–Crippen LogP) is 5.50. The maximum absolute atomic E-state index is 5.60. The molecule has 0 heterocycles. The van der Waals surface area contributed by atoms with Crippen molar-refractivity contribution < 1.29 is 4.74 Å². The van der Waals surface area contributed by atoms with E-state index in [1.54, 1.807) is 0 Å². The molecule has 1 aromatic carbocycles. The van der Waals surface area contributed by atoms with Gasteiger partial charge in [0.05, 0.1) is 6.61 Å². The van der Waals surface area contributed by atoms with Crippen molar-refractivity contribution >= 4 is 0 Å². The summed E-state index contributed by atoms with van der Waals surface area (Å²) in [7, 11) is 0. The Morgan fingerprint density at radius 1 is 1.11 bits per heavy atom. The molecule has 0 spiro atoms. The minimum absolute atomic E-state index is 0.633. The van der Waals surface area contributed by atoms with Gasteiger partial charge in [-0.25, -0.2) is 0 Å². The minimum Gasteiger partial charge on any atom is -0.494 e. The van der Waals surface area contributed by atoms with Crippen molar-refractivity contribution in [1.82, 2.24) is 0 Å². The zero-order chi connectivity index (χ0) is 14.1. The van der Waals surface area contributed by atoms with Gasteiger partial charge in [0, 0.05) is 0 Å². The molecule has 0 aliphatic heterocycles. The number of allylic oxidation sites excluding steroid dienone is 2. The van der Waals surface area contributed by atoms with Crippen LogP contribution in [0.2, 0.25) is 0 Å². The van der Waals surface area contributed by atoms with Crippen molar-refractivity contribution in [2.45, 2.75) is 59.3 Å². The fraction of sp³-hybridized carbons (Fsp3) is 0.556. The summed E-state index contributed by atoms with van der Waals surface area (Å²) in [6.07, 6.45) is 9.12. The van der Waals surface area contributed by atoms with E-state index < -0.39 is 0 Å². The fourth-order valence-electron chi connectivity index (χ4n) is 2.48. The van der Waals surface area contributed by atoms with Crippen LogP contribution in [0.25, 0.3) is 0 Å². The third-order valence-corrected chi connectivity index (χ3v) is 3.56. The largest absolute Gasteiger partial charge is 0.494 e. The molecule has 0 aliphatic carbocycles. The van der Waals surface area contributed by atoms with E-state index in [9.17, 15) is 0 Å². The van der Waals surface area contributed by atoms with Crippen LogP contribution in [0, 0.1) is 0 Å². The quantitative estimate of drug-likeness (QED) is 0.561. The molecule has 1 unspecified atom stereocenters. The van der Waals surface area contributed by atoms with Crippen LogP contribution in [0.5, 0.6) is 5.75 Å². The SMILES string of the molecule is CC/C=C\CC(CC)c1ccc(OCC)cc1CC. The molecule has 1 rings (SSSR count). The lowest BCUT2D eigenvalue weighted by atomic mass is 9.88. The lowest BCUT2D eigenvalue weighted by Crippen LogP contribution is -2.02. The highest BCUT2D eigenvalue weighted by Gasteiger charge is 2.12. The summed E-state index contributed by atoms with van der Waals surface area (Å²) in [5.74, 6) is 1.63. The number of ether oxygens (including phenoxy) is 1. The summed E-state index contributed by atoms with van der Waals surface area (Å²) in [5, 5.41) is 0. The van der Waals surface area contributed by atoms with Crippen LogP contribution in [-0.4, -0.2) is 6.61 Å². The van der Waals surface area contributed by atoms with Gasteiger partial charge in [-0.2, -0.15) is 0 Å². The summed E-state index contributed by atoms with van der Waals surface area (Å²) in [5.41, 5.74) is 2.93. The first-order chi connectivity index (χ1) is 9.26. The molecule has 0 aromatic heterocycles. The van der Waals surface area contributed by atoms with Gasteiger partial charge < -0.3 is 4.74 Å². The molecule has 1 nitrogen and oxygen atoms in total. The van der Waals surface area contributed by atoms with Gasteiger partial charge in [-0.15, -0.1) is 0 Å². The van der Waals surface area contributed by atoms with Crippen LogP contribution in [0.15, 0.2) is 30.4 Å². The maximum atomic E-state index is 5.60. The summed E-state index contributed by atoms with van der Waals surface area (Å²) in [4.78, 5) is 0. The molecule has 0 amide bonds. The molecular weight excluding hydrogens is 232 g/mol. The van der Waals surface area contributed by atoms with Crippen molar-refractivity contribution in [2.75, 3.05) is 6.61 Å². The number of benzene rings is 1. The Hall–Kier alpha value is -1.24. The van der Waals surface area contributed by atoms with Crippen molar-refractivity contribution in [3.05, 3.63) is 41.5 Å². The van der Waals surface area contributed by atoms with Gasteiger partial charge in [-0.3, -0.25) is 0 Å². The highest BCUT2D eigenvalue weighted by Crippen LogP contribution is 2.30. The molecule has 0 saturated heterocycles. The predicted molar refractivity (Wildman–Crippen MR) is 84.1 cm³/mol. The first kappa shape index (κ1) is 15.8. The van der Waals surface area contributed by atoms with E-state index in [-0.39, 0.29) is 0 Å². The average molecular weight is 260 g/mol. The highest BCUT2D eigenvalue weighted by molar-refractivity contribution is 5.38. The van der Waals surface area contributed by atoms with Gasteiger partial charge >= 0.3 is 0 Å². The van der Waals surface area contributed by atoms with Crippen LogP contribution in [0.4, 0.5) is 0 Å². The summed E-state index contributed by atoms with van der Waals surface area (Å²) >= 11 is 0. The van der Waals surface area contributed by atoms with Gasteiger partial charge in [0.2, 0.25) is 0 Å². The molecule has 106 valence electrons. The molecule has 0 aliphatic rings. The Labute approximate surface area is 118 Å². The normalized spacial score (nSPS) is 12.8. The summed E-state index contributed by atoms with van der Waals surface area (Å²) in [6.45, 7) is 9.46. The molecule has 0 saturated carbocycles. The minimum atomic E-state index is 0.633. The lowest BCUT2D eigenvalue weighted by Gasteiger charge is -2.18. The van der Waals surface area contributed by atoms with Crippen LogP contribution < -0.4 is 4.74 Å². The molecule has 1 heteroatoms. The molecule has 0 bridgehead atoms. The van der Waals surface area contributed by atoms with Crippen LogP contribution in [-0.2, 0) is 6.42 Å². The van der Waals surface area contributed by atoms with E-state index in [2.05, 4.69) is 51.1 Å². The Bertz CT molecular complexity index is 393. The van der Waals surface area contributed by atoms with Crippen LogP contribution >= 0.6 is 0 Å². The molecule has 0 N–H and O–H groups in total. The van der Waals surface area contributed by atoms with Gasteiger partial charge in [0.1, 0.15) is 5.75 Å². The molecule has 1 atom stereocenters. The van der Waals surface area contributed by atoms with Gasteiger partial charge in [0.15, 0.2) is 0 Å². The Morgan fingerprint density at radius 3 is 2.47 bits per heavy atom. The highest BCUT2D eigenvalue weighted by atomic mass is 16.5. The van der Waals surface area contributed by atoms with Crippen molar-refractivity contribution in [3.8, 4) is 5.75 Å². The van der Waals surface area contributed by atoms with E-state index in [1.807, 2.05) is 6.92 Å². The summed E-state index contributed by atoms with van der Waals surface area (Å²) in [6, 6.07) is 6.59. The van der Waals surface area contributed by atoms with Gasteiger partial charge in [-0.05, 0) is 61.8 Å². The third kappa shape index (κ3) is 4.74. The number of rotatable bonds is 8. The van der Waals surface area contributed by atoms with Crippen LogP contribution in [0.1, 0.15) is 64.0 Å². The molecule has 0 radical (unpaired) electrons. The third-order valence-electron chi connectivity index (χ3n) is 3.56. The van der Waals surface area contributed by atoms with E-state index in [1.165, 1.54) is 17.5 Å². The maximum Gasteiger partial charge on any atom is 0.119 e. The van der Waals surface area contributed by atoms with E-state index in [0.29, 0.717) is 5.92 Å². The van der Waals surface area contributed by atoms with Crippen molar-refractivity contribution in [1.29, 1.82) is 0 Å². The monoisotopic (exact) mass is 260 g/mol. The first-order valence-corrected chi connectivity index (χ1v) is 7.67. The number of hydrogen-bond donors (Lipinski definition) is 0. The average Bonchev–Trinajstić information content (AvgIpc) is 2.44. The zero-order valence-electron chi connectivity index (χ0n) is 12.9. The standard InChI is InChI=1S/C18H28O/c1-5-9-10-11-15(6-2)18-13-12-17(19-8-4)14-16(18)7-3/h9-10,12-15H,5-8,11H2,1-4H3/b10-9-. The zero-order valence-corrected chi connectivity index (χ0v) is 12.9. The second-order valence-electron chi connectivity index (χ2n) is 4.87. The topological polar surface area (TPSA) is 9.23 Å². The molecular formula is C18H28O. The second kappa shape index (κ2) is 8.79. The van der Waals surface area contributed by atoms with Crippen LogP contribution in [0.3, 0.4) is 0 Å². The van der Waals surface area contributed by atoms with Crippen molar-refractivity contribution in [2.24, 2.45) is 0 Å². The Balaban J connectivity index is 2.92. The Kier molecular flexibility index (Phi) is 7.32. The van der Waals surface area contributed by atoms with Crippen molar-refractivity contribution in [3.63, 3.8) is 0 Å². The fourth-order valence-corrected chi connectivity index (χ4v) is 2.48. The van der Waals surface area contributed by atoms with E-state index in [0.717, 1.165) is 31.6 Å². The number of hydrogen-bond acceptors (Lipinski definition) is 1. The van der Waals surface area contributed by atoms with E-state index in [4.69, 9.17) is 4.74 Å². The van der Waals surface area contributed by atoms with E-state index >= 15 is 0 Å². The summed E-state index contributed by atoms with van der Waals surface area (Å²) < 4.78 is 5.60. The van der Waals surface area contributed by atoms with Gasteiger partial charge in [0.25, 0.3) is 0 Å². The second-order valence-corrected chi connectivity index (χ2v) is 4.87. The molecule has 0 fully saturated rings. The molecule has 1 aromatic rings. The molecule has 19 heavy (non-hydrogen) atoms. The lowest BCUT2D eigenvalue weighted by molar-refractivity contribution is 0.339. The number of aryl methyl sites for hydroxylation is 1. The Morgan fingerprint density at radius 2 is 1.89 bits per heavy atom. The first-order valence-electron chi connectivity index (χ1n) is 7.67.